The van der Waals surface area contributed by atoms with Crippen LogP contribution >= 0.6 is 0 Å². The van der Waals surface area contributed by atoms with Crippen LogP contribution in [0.3, 0.4) is 0 Å². The Hall–Kier alpha value is -3.15. The molecule has 0 aliphatic carbocycles. The monoisotopic (exact) mass is 382 g/mol. The number of benzene rings is 2. The van der Waals surface area contributed by atoms with E-state index in [4.69, 9.17) is 4.74 Å². The summed E-state index contributed by atoms with van der Waals surface area (Å²) in [5.41, 5.74) is 1.96. The van der Waals surface area contributed by atoms with Gasteiger partial charge in [-0.3, -0.25) is 14.4 Å². The summed E-state index contributed by atoms with van der Waals surface area (Å²) in [6, 6.07) is 16.2. The molecule has 148 valence electrons. The highest BCUT2D eigenvalue weighted by molar-refractivity contribution is 5.95. The average Bonchev–Trinajstić information content (AvgIpc) is 2.67. The van der Waals surface area contributed by atoms with Crippen LogP contribution in [-0.4, -0.2) is 24.4 Å². The lowest BCUT2D eigenvalue weighted by atomic mass is 9.86. The van der Waals surface area contributed by atoms with Crippen molar-refractivity contribution in [1.82, 2.24) is 0 Å². The summed E-state index contributed by atoms with van der Waals surface area (Å²) in [7, 11) is 0. The van der Waals surface area contributed by atoms with Crippen molar-refractivity contribution in [1.29, 1.82) is 0 Å². The molecule has 0 saturated carbocycles. The lowest BCUT2D eigenvalue weighted by molar-refractivity contribution is -0.150. The first-order valence-electron chi connectivity index (χ1n) is 9.29. The van der Waals surface area contributed by atoms with Gasteiger partial charge in [0.2, 0.25) is 5.91 Å². The van der Waals surface area contributed by atoms with Crippen molar-refractivity contribution in [2.75, 3.05) is 17.2 Å². The van der Waals surface area contributed by atoms with E-state index < -0.39 is 17.8 Å². The van der Waals surface area contributed by atoms with Crippen LogP contribution in [0.5, 0.6) is 0 Å². The first kappa shape index (κ1) is 21.2. The minimum atomic E-state index is -0.440. The minimum Gasteiger partial charge on any atom is -0.455 e. The number of ether oxygens (including phenoxy) is 1. The molecule has 0 aromatic heterocycles. The second-order valence-electron chi connectivity index (χ2n) is 6.69. The van der Waals surface area contributed by atoms with Crippen molar-refractivity contribution in [3.05, 3.63) is 60.2 Å². The number of rotatable bonds is 8. The van der Waals surface area contributed by atoms with E-state index in [0.717, 1.165) is 12.0 Å². The topological polar surface area (TPSA) is 84.5 Å². The molecule has 28 heavy (non-hydrogen) atoms. The van der Waals surface area contributed by atoms with E-state index in [9.17, 15) is 14.4 Å². The largest absolute Gasteiger partial charge is 0.455 e. The SMILES string of the molecule is CC[C@H](C)[C@H](C(=O)OCC(=O)Nc1cccc(NC(C)=O)c1)c1ccccc1. The first-order chi connectivity index (χ1) is 13.4. The summed E-state index contributed by atoms with van der Waals surface area (Å²) >= 11 is 0. The van der Waals surface area contributed by atoms with Gasteiger partial charge in [-0.05, 0) is 29.7 Å². The number of nitrogens with one attached hydrogen (secondary N) is 2. The Kier molecular flexibility index (Phi) is 7.75. The van der Waals surface area contributed by atoms with Gasteiger partial charge in [-0.2, -0.15) is 0 Å². The second kappa shape index (κ2) is 10.3. The van der Waals surface area contributed by atoms with Gasteiger partial charge in [0.1, 0.15) is 0 Å². The summed E-state index contributed by atoms with van der Waals surface area (Å²) < 4.78 is 5.29. The third kappa shape index (κ3) is 6.23. The molecule has 2 aromatic rings. The van der Waals surface area contributed by atoms with Crippen LogP contribution in [0.15, 0.2) is 54.6 Å². The van der Waals surface area contributed by atoms with Crippen molar-refractivity contribution in [3.8, 4) is 0 Å². The molecule has 2 rings (SSSR count). The quantitative estimate of drug-likeness (QED) is 0.677. The molecule has 0 radical (unpaired) electrons. The summed E-state index contributed by atoms with van der Waals surface area (Å²) in [4.78, 5) is 35.9. The van der Waals surface area contributed by atoms with Gasteiger partial charge < -0.3 is 15.4 Å². The number of amides is 2. The van der Waals surface area contributed by atoms with Gasteiger partial charge in [0.15, 0.2) is 6.61 Å². The van der Waals surface area contributed by atoms with E-state index in [-0.39, 0.29) is 18.4 Å². The molecular formula is C22H26N2O4. The Morgan fingerprint density at radius 2 is 1.61 bits per heavy atom. The van der Waals surface area contributed by atoms with Crippen LogP contribution in [0.2, 0.25) is 0 Å². The van der Waals surface area contributed by atoms with Crippen LogP contribution in [-0.2, 0) is 19.1 Å². The molecule has 0 aliphatic rings. The van der Waals surface area contributed by atoms with E-state index in [0.29, 0.717) is 11.4 Å². The maximum Gasteiger partial charge on any atom is 0.314 e. The minimum absolute atomic E-state index is 0.0901. The van der Waals surface area contributed by atoms with E-state index in [1.807, 2.05) is 44.2 Å². The van der Waals surface area contributed by atoms with Crippen LogP contribution < -0.4 is 10.6 Å². The predicted octanol–water partition coefficient (Wildman–Crippen LogP) is 3.96. The molecule has 0 spiro atoms. The maximum absolute atomic E-state index is 12.6. The van der Waals surface area contributed by atoms with Gasteiger partial charge in [-0.15, -0.1) is 0 Å². The Morgan fingerprint density at radius 3 is 2.21 bits per heavy atom. The second-order valence-corrected chi connectivity index (χ2v) is 6.69. The van der Waals surface area contributed by atoms with Crippen molar-refractivity contribution in [2.45, 2.75) is 33.1 Å². The zero-order valence-electron chi connectivity index (χ0n) is 16.4. The Bertz CT molecular complexity index is 820. The fourth-order valence-electron chi connectivity index (χ4n) is 2.89. The molecule has 2 amide bonds. The Balaban J connectivity index is 1.97. The van der Waals surface area contributed by atoms with Gasteiger partial charge in [-0.1, -0.05) is 56.7 Å². The number of anilines is 2. The van der Waals surface area contributed by atoms with Gasteiger partial charge in [0, 0.05) is 18.3 Å². The van der Waals surface area contributed by atoms with Gasteiger partial charge >= 0.3 is 5.97 Å². The van der Waals surface area contributed by atoms with Gasteiger partial charge in [-0.25, -0.2) is 0 Å². The Morgan fingerprint density at radius 1 is 0.964 bits per heavy atom. The van der Waals surface area contributed by atoms with E-state index in [2.05, 4.69) is 10.6 Å². The standard InChI is InChI=1S/C22H26N2O4/c1-4-15(2)21(17-9-6-5-7-10-17)22(27)28-14-20(26)24-19-12-8-11-18(13-19)23-16(3)25/h5-13,15,21H,4,14H2,1-3H3,(H,23,25)(H,24,26)/t15-,21-/m0/s1. The highest BCUT2D eigenvalue weighted by Crippen LogP contribution is 2.28. The molecule has 0 unspecified atom stereocenters. The fraction of sp³-hybridized carbons (Fsp3) is 0.318. The van der Waals surface area contributed by atoms with Crippen LogP contribution in [0.25, 0.3) is 0 Å². The highest BCUT2D eigenvalue weighted by Gasteiger charge is 2.27. The van der Waals surface area contributed by atoms with Crippen LogP contribution in [0.1, 0.15) is 38.7 Å². The smallest absolute Gasteiger partial charge is 0.314 e. The molecule has 2 aromatic carbocycles. The number of hydrogen-bond donors (Lipinski definition) is 2. The van der Waals surface area contributed by atoms with Crippen molar-refractivity contribution < 1.29 is 19.1 Å². The highest BCUT2D eigenvalue weighted by atomic mass is 16.5. The summed E-state index contributed by atoms with van der Waals surface area (Å²) in [6.07, 6.45) is 0.816. The molecule has 0 bridgehead atoms. The molecular weight excluding hydrogens is 356 g/mol. The van der Waals surface area contributed by atoms with E-state index in [1.54, 1.807) is 24.3 Å². The lowest BCUT2D eigenvalue weighted by Crippen LogP contribution is -2.27. The van der Waals surface area contributed by atoms with E-state index in [1.165, 1.54) is 6.92 Å². The molecule has 0 aliphatic heterocycles. The Labute approximate surface area is 165 Å². The molecule has 0 saturated heterocycles. The number of carbonyl (C=O) groups is 3. The predicted molar refractivity (Wildman–Crippen MR) is 109 cm³/mol. The van der Waals surface area contributed by atoms with Gasteiger partial charge in [0.05, 0.1) is 5.92 Å². The van der Waals surface area contributed by atoms with Crippen molar-refractivity contribution in [3.63, 3.8) is 0 Å². The summed E-state index contributed by atoms with van der Waals surface area (Å²) in [5, 5.41) is 5.31. The molecule has 2 N–H and O–H groups in total. The molecule has 0 heterocycles. The molecule has 0 fully saturated rings. The number of esters is 1. The summed E-state index contributed by atoms with van der Waals surface area (Å²) in [6.45, 7) is 5.04. The third-order valence-corrected chi connectivity index (χ3v) is 4.44. The molecule has 2 atom stereocenters. The van der Waals surface area contributed by atoms with E-state index >= 15 is 0 Å². The number of carbonyl (C=O) groups excluding carboxylic acids is 3. The lowest BCUT2D eigenvalue weighted by Gasteiger charge is -2.21. The maximum atomic E-state index is 12.6. The average molecular weight is 382 g/mol. The van der Waals surface area contributed by atoms with Crippen molar-refractivity contribution >= 4 is 29.2 Å². The van der Waals surface area contributed by atoms with Crippen LogP contribution in [0.4, 0.5) is 11.4 Å². The van der Waals surface area contributed by atoms with Crippen molar-refractivity contribution in [2.24, 2.45) is 5.92 Å². The fourth-order valence-corrected chi connectivity index (χ4v) is 2.89. The molecule has 6 heteroatoms. The zero-order chi connectivity index (χ0) is 20.5. The third-order valence-electron chi connectivity index (χ3n) is 4.44. The molecule has 6 nitrogen and oxygen atoms in total. The first-order valence-corrected chi connectivity index (χ1v) is 9.29. The van der Waals surface area contributed by atoms with Crippen LogP contribution in [0, 0.1) is 5.92 Å². The normalized spacial score (nSPS) is 12.5. The van der Waals surface area contributed by atoms with Gasteiger partial charge in [0.25, 0.3) is 5.91 Å². The summed E-state index contributed by atoms with van der Waals surface area (Å²) in [5.74, 6) is -1.38. The number of hydrogen-bond acceptors (Lipinski definition) is 4. The zero-order valence-corrected chi connectivity index (χ0v) is 16.4.